The van der Waals surface area contributed by atoms with Crippen LogP contribution in [0.5, 0.6) is 11.5 Å². The van der Waals surface area contributed by atoms with Crippen molar-refractivity contribution in [3.05, 3.63) is 66.2 Å². The zero-order valence-corrected chi connectivity index (χ0v) is 12.8. The van der Waals surface area contributed by atoms with E-state index in [0.29, 0.717) is 0 Å². The summed E-state index contributed by atoms with van der Waals surface area (Å²) in [6.07, 6.45) is 0. The molecule has 0 saturated heterocycles. The van der Waals surface area contributed by atoms with E-state index in [0.717, 1.165) is 23.7 Å². The van der Waals surface area contributed by atoms with Crippen LogP contribution in [0.2, 0.25) is 0 Å². The molecule has 0 aliphatic rings. The molecule has 0 atom stereocenters. The number of hydrogen-bond donors (Lipinski definition) is 1. The molecule has 22 heavy (non-hydrogen) atoms. The fraction of sp³-hybridized carbons (Fsp3) is 0.158. The molecule has 0 heterocycles. The molecule has 0 unspecified atom stereocenters. The first-order valence-electron chi connectivity index (χ1n) is 7.24. The van der Waals surface area contributed by atoms with Gasteiger partial charge in [-0.15, -0.1) is 0 Å². The van der Waals surface area contributed by atoms with Crippen LogP contribution in [0.1, 0.15) is 5.56 Å². The van der Waals surface area contributed by atoms with Gasteiger partial charge in [-0.05, 0) is 34.5 Å². The van der Waals surface area contributed by atoms with Crippen molar-refractivity contribution < 1.29 is 9.47 Å². The molecule has 0 aromatic heterocycles. The molecular formula is C19H19NO2. The molecule has 0 bridgehead atoms. The highest BCUT2D eigenvalue weighted by Crippen LogP contribution is 2.30. The van der Waals surface area contributed by atoms with E-state index in [2.05, 4.69) is 47.8 Å². The second-order valence-corrected chi connectivity index (χ2v) is 5.10. The lowest BCUT2D eigenvalue weighted by Crippen LogP contribution is -2.00. The molecule has 3 heteroatoms. The van der Waals surface area contributed by atoms with Crippen LogP contribution in [0.25, 0.3) is 10.8 Å². The lowest BCUT2D eigenvalue weighted by Gasteiger charge is -2.11. The summed E-state index contributed by atoms with van der Waals surface area (Å²) in [5.41, 5.74) is 2.25. The van der Waals surface area contributed by atoms with Gasteiger partial charge in [0.2, 0.25) is 0 Å². The second-order valence-electron chi connectivity index (χ2n) is 5.10. The minimum absolute atomic E-state index is 0.728. The third kappa shape index (κ3) is 2.98. The van der Waals surface area contributed by atoms with Crippen molar-refractivity contribution in [2.45, 2.75) is 6.54 Å². The van der Waals surface area contributed by atoms with Crippen molar-refractivity contribution >= 4 is 16.5 Å². The Morgan fingerprint density at radius 2 is 1.55 bits per heavy atom. The highest BCUT2D eigenvalue weighted by atomic mass is 16.5. The third-order valence-corrected chi connectivity index (χ3v) is 3.69. The molecule has 112 valence electrons. The van der Waals surface area contributed by atoms with Crippen molar-refractivity contribution in [3.63, 3.8) is 0 Å². The number of fused-ring (bicyclic) bond motifs is 1. The Balaban J connectivity index is 1.76. The molecule has 1 N–H and O–H groups in total. The maximum atomic E-state index is 5.32. The van der Waals surface area contributed by atoms with Crippen molar-refractivity contribution in [1.29, 1.82) is 0 Å². The number of ether oxygens (including phenoxy) is 2. The van der Waals surface area contributed by atoms with Crippen LogP contribution in [-0.2, 0) is 6.54 Å². The first-order valence-corrected chi connectivity index (χ1v) is 7.24. The summed E-state index contributed by atoms with van der Waals surface area (Å²) in [6, 6.07) is 20.7. The fourth-order valence-electron chi connectivity index (χ4n) is 2.50. The van der Waals surface area contributed by atoms with Gasteiger partial charge in [-0.3, -0.25) is 0 Å². The average Bonchev–Trinajstić information content (AvgIpc) is 2.59. The average molecular weight is 293 g/mol. The van der Waals surface area contributed by atoms with Crippen molar-refractivity contribution in [3.8, 4) is 11.5 Å². The van der Waals surface area contributed by atoms with E-state index in [1.165, 1.54) is 16.3 Å². The first-order chi connectivity index (χ1) is 10.8. The van der Waals surface area contributed by atoms with Gasteiger partial charge < -0.3 is 14.8 Å². The molecule has 0 amide bonds. The molecule has 3 nitrogen and oxygen atoms in total. The van der Waals surface area contributed by atoms with E-state index >= 15 is 0 Å². The smallest absolute Gasteiger partial charge is 0.162 e. The Labute approximate surface area is 130 Å². The number of anilines is 1. The minimum Gasteiger partial charge on any atom is -0.493 e. The number of nitrogens with one attached hydrogen (secondary N) is 1. The molecule has 3 aromatic carbocycles. The molecule has 3 aromatic rings. The topological polar surface area (TPSA) is 30.5 Å². The zero-order chi connectivity index (χ0) is 15.4. The summed E-state index contributed by atoms with van der Waals surface area (Å²) in [6.45, 7) is 0.764. The Bertz CT molecular complexity index is 783. The van der Waals surface area contributed by atoms with E-state index in [4.69, 9.17) is 9.47 Å². The van der Waals surface area contributed by atoms with Gasteiger partial charge in [-0.2, -0.15) is 0 Å². The maximum Gasteiger partial charge on any atom is 0.162 e. The lowest BCUT2D eigenvalue weighted by atomic mass is 10.1. The quantitative estimate of drug-likeness (QED) is 0.753. The van der Waals surface area contributed by atoms with Crippen LogP contribution >= 0.6 is 0 Å². The summed E-state index contributed by atoms with van der Waals surface area (Å²) in [4.78, 5) is 0. The summed E-state index contributed by atoms with van der Waals surface area (Å²) in [5.74, 6) is 1.46. The Morgan fingerprint density at radius 1 is 0.773 bits per heavy atom. The monoisotopic (exact) mass is 293 g/mol. The molecule has 0 fully saturated rings. The van der Waals surface area contributed by atoms with Gasteiger partial charge in [-0.25, -0.2) is 0 Å². The normalized spacial score (nSPS) is 10.5. The van der Waals surface area contributed by atoms with Crippen LogP contribution in [-0.4, -0.2) is 14.2 Å². The molecule has 0 spiro atoms. The standard InChI is InChI=1S/C19H19NO2/c1-21-18-10-9-17(12-19(18)22-2)20-13-14-7-8-15-5-3-4-6-16(15)11-14/h3-12,20H,13H2,1-2H3. The maximum absolute atomic E-state index is 5.32. The highest BCUT2D eigenvalue weighted by molar-refractivity contribution is 5.83. The third-order valence-electron chi connectivity index (χ3n) is 3.69. The largest absolute Gasteiger partial charge is 0.493 e. The number of rotatable bonds is 5. The van der Waals surface area contributed by atoms with Gasteiger partial charge in [-0.1, -0.05) is 36.4 Å². The molecular weight excluding hydrogens is 274 g/mol. The molecule has 0 aliphatic heterocycles. The number of hydrogen-bond acceptors (Lipinski definition) is 3. The first kappa shape index (κ1) is 14.3. The van der Waals surface area contributed by atoms with E-state index in [1.807, 2.05) is 18.2 Å². The summed E-state index contributed by atoms with van der Waals surface area (Å²) in [7, 11) is 3.28. The summed E-state index contributed by atoms with van der Waals surface area (Å²) >= 11 is 0. The van der Waals surface area contributed by atoms with Crippen LogP contribution in [0.15, 0.2) is 60.7 Å². The van der Waals surface area contributed by atoms with Crippen LogP contribution < -0.4 is 14.8 Å². The van der Waals surface area contributed by atoms with Crippen molar-refractivity contribution in [2.24, 2.45) is 0 Å². The van der Waals surface area contributed by atoms with Gasteiger partial charge in [0.05, 0.1) is 14.2 Å². The summed E-state index contributed by atoms with van der Waals surface area (Å²) < 4.78 is 10.6. The van der Waals surface area contributed by atoms with E-state index in [9.17, 15) is 0 Å². The Morgan fingerprint density at radius 3 is 2.32 bits per heavy atom. The molecule has 0 radical (unpaired) electrons. The molecule has 0 aliphatic carbocycles. The van der Waals surface area contributed by atoms with E-state index < -0.39 is 0 Å². The van der Waals surface area contributed by atoms with Gasteiger partial charge in [0.15, 0.2) is 11.5 Å². The fourth-order valence-corrected chi connectivity index (χ4v) is 2.50. The lowest BCUT2D eigenvalue weighted by molar-refractivity contribution is 0.355. The van der Waals surface area contributed by atoms with Crippen LogP contribution in [0.4, 0.5) is 5.69 Å². The van der Waals surface area contributed by atoms with Crippen LogP contribution in [0.3, 0.4) is 0 Å². The minimum atomic E-state index is 0.728. The van der Waals surface area contributed by atoms with E-state index in [1.54, 1.807) is 14.2 Å². The predicted molar refractivity (Wildman–Crippen MR) is 90.8 cm³/mol. The Kier molecular flexibility index (Phi) is 4.15. The van der Waals surface area contributed by atoms with Gasteiger partial charge in [0.1, 0.15) is 0 Å². The summed E-state index contributed by atoms with van der Waals surface area (Å²) in [5, 5.41) is 5.94. The number of methoxy groups -OCH3 is 2. The van der Waals surface area contributed by atoms with Crippen molar-refractivity contribution in [1.82, 2.24) is 0 Å². The van der Waals surface area contributed by atoms with Crippen molar-refractivity contribution in [2.75, 3.05) is 19.5 Å². The van der Waals surface area contributed by atoms with Gasteiger partial charge in [0, 0.05) is 18.3 Å². The highest BCUT2D eigenvalue weighted by Gasteiger charge is 2.04. The molecule has 3 rings (SSSR count). The Hall–Kier alpha value is -2.68. The number of benzene rings is 3. The molecule has 0 saturated carbocycles. The second kappa shape index (κ2) is 6.39. The van der Waals surface area contributed by atoms with Gasteiger partial charge >= 0.3 is 0 Å². The zero-order valence-electron chi connectivity index (χ0n) is 12.8. The van der Waals surface area contributed by atoms with E-state index in [-0.39, 0.29) is 0 Å². The van der Waals surface area contributed by atoms with Gasteiger partial charge in [0.25, 0.3) is 0 Å². The van der Waals surface area contributed by atoms with Crippen LogP contribution in [0, 0.1) is 0 Å². The SMILES string of the molecule is COc1ccc(NCc2ccc3ccccc3c2)cc1OC. The predicted octanol–water partition coefficient (Wildman–Crippen LogP) is 4.47.